The van der Waals surface area contributed by atoms with Crippen molar-refractivity contribution in [3.8, 4) is 0 Å². The summed E-state index contributed by atoms with van der Waals surface area (Å²) >= 11 is 0. The minimum absolute atomic E-state index is 0.642. The SMILES string of the molecule is CC.c1ccc(CN2CCCCC2CCNC2Cc3ccccc3C2)cc1. The van der Waals surface area contributed by atoms with Crippen LogP contribution in [0.5, 0.6) is 0 Å². The minimum atomic E-state index is 0.642. The van der Waals surface area contributed by atoms with Gasteiger partial charge in [-0.3, -0.25) is 4.90 Å². The molecule has 146 valence electrons. The number of likely N-dealkylation sites (tertiary alicyclic amines) is 1. The van der Waals surface area contributed by atoms with Crippen LogP contribution in [-0.4, -0.2) is 30.1 Å². The molecule has 1 heterocycles. The molecule has 2 aromatic carbocycles. The van der Waals surface area contributed by atoms with Crippen LogP contribution in [0.25, 0.3) is 0 Å². The highest BCUT2D eigenvalue weighted by Crippen LogP contribution is 2.23. The molecule has 2 heteroatoms. The largest absolute Gasteiger partial charge is 0.313 e. The summed E-state index contributed by atoms with van der Waals surface area (Å²) in [6.07, 6.45) is 7.79. The van der Waals surface area contributed by atoms with Crippen molar-refractivity contribution in [1.82, 2.24) is 10.2 Å². The van der Waals surface area contributed by atoms with E-state index in [4.69, 9.17) is 0 Å². The number of piperidine rings is 1. The average molecular weight is 365 g/mol. The van der Waals surface area contributed by atoms with Gasteiger partial charge in [-0.15, -0.1) is 0 Å². The Morgan fingerprint density at radius 1 is 0.889 bits per heavy atom. The molecule has 0 aromatic heterocycles. The lowest BCUT2D eigenvalue weighted by molar-refractivity contribution is 0.131. The quantitative estimate of drug-likeness (QED) is 0.756. The van der Waals surface area contributed by atoms with Crippen molar-refractivity contribution in [2.45, 2.75) is 71.0 Å². The third-order valence-electron chi connectivity index (χ3n) is 5.94. The molecule has 0 saturated carbocycles. The molecule has 2 aliphatic rings. The molecule has 0 amide bonds. The van der Waals surface area contributed by atoms with E-state index in [1.165, 1.54) is 50.6 Å². The highest BCUT2D eigenvalue weighted by Gasteiger charge is 2.24. The van der Waals surface area contributed by atoms with Crippen LogP contribution in [0.15, 0.2) is 54.6 Å². The van der Waals surface area contributed by atoms with Gasteiger partial charge in [-0.1, -0.05) is 74.9 Å². The van der Waals surface area contributed by atoms with Gasteiger partial charge in [0.05, 0.1) is 0 Å². The number of nitrogens with one attached hydrogen (secondary N) is 1. The molecule has 1 fully saturated rings. The zero-order valence-corrected chi connectivity index (χ0v) is 17.2. The van der Waals surface area contributed by atoms with E-state index in [2.05, 4.69) is 64.8 Å². The van der Waals surface area contributed by atoms with E-state index in [0.29, 0.717) is 6.04 Å². The monoisotopic (exact) mass is 364 g/mol. The maximum atomic E-state index is 3.83. The van der Waals surface area contributed by atoms with Crippen molar-refractivity contribution >= 4 is 0 Å². The molecule has 1 aliphatic carbocycles. The number of nitrogens with zero attached hydrogens (tertiary/aromatic N) is 1. The first-order valence-electron chi connectivity index (χ1n) is 11.0. The van der Waals surface area contributed by atoms with E-state index >= 15 is 0 Å². The lowest BCUT2D eigenvalue weighted by Crippen LogP contribution is -2.41. The molecule has 0 radical (unpaired) electrons. The smallest absolute Gasteiger partial charge is 0.0236 e. The Labute approximate surface area is 166 Å². The van der Waals surface area contributed by atoms with E-state index < -0.39 is 0 Å². The Morgan fingerprint density at radius 2 is 1.56 bits per heavy atom. The van der Waals surface area contributed by atoms with Crippen LogP contribution in [0.4, 0.5) is 0 Å². The Bertz CT molecular complexity index is 642. The number of hydrogen-bond donors (Lipinski definition) is 1. The van der Waals surface area contributed by atoms with Gasteiger partial charge in [0, 0.05) is 18.6 Å². The van der Waals surface area contributed by atoms with Crippen molar-refractivity contribution < 1.29 is 0 Å². The van der Waals surface area contributed by atoms with Gasteiger partial charge in [0.25, 0.3) is 0 Å². The fourth-order valence-electron chi connectivity index (χ4n) is 4.57. The van der Waals surface area contributed by atoms with Crippen molar-refractivity contribution in [3.63, 3.8) is 0 Å². The molecule has 1 unspecified atom stereocenters. The molecule has 1 aliphatic heterocycles. The molecule has 2 nitrogen and oxygen atoms in total. The third-order valence-corrected chi connectivity index (χ3v) is 5.94. The summed E-state index contributed by atoms with van der Waals surface area (Å²) in [5.74, 6) is 0. The molecular formula is C25H36N2. The van der Waals surface area contributed by atoms with Crippen molar-refractivity contribution in [1.29, 1.82) is 0 Å². The molecule has 1 atom stereocenters. The normalized spacial score (nSPS) is 20.0. The second-order valence-electron chi connectivity index (χ2n) is 7.72. The van der Waals surface area contributed by atoms with Gasteiger partial charge in [0.15, 0.2) is 0 Å². The van der Waals surface area contributed by atoms with Crippen LogP contribution >= 0.6 is 0 Å². The fourth-order valence-corrected chi connectivity index (χ4v) is 4.57. The molecule has 0 bridgehead atoms. The summed E-state index contributed by atoms with van der Waals surface area (Å²) in [6, 6.07) is 21.3. The Balaban J connectivity index is 0.00000102. The molecule has 1 saturated heterocycles. The van der Waals surface area contributed by atoms with Crippen LogP contribution in [0, 0.1) is 0 Å². The maximum absolute atomic E-state index is 3.83. The first-order valence-corrected chi connectivity index (χ1v) is 11.0. The van der Waals surface area contributed by atoms with Crippen molar-refractivity contribution in [3.05, 3.63) is 71.3 Å². The molecule has 0 spiro atoms. The van der Waals surface area contributed by atoms with E-state index in [-0.39, 0.29) is 0 Å². The zero-order chi connectivity index (χ0) is 18.9. The standard InChI is InChI=1S/C23H30N2.C2H6/c1-2-8-19(9-3-1)18-25-15-7-6-12-23(25)13-14-24-22-16-20-10-4-5-11-21(20)17-22;1-2/h1-5,8-11,22-24H,6-7,12-18H2;1-2H3. The van der Waals surface area contributed by atoms with Gasteiger partial charge in [0.1, 0.15) is 0 Å². The number of fused-ring (bicyclic) bond motifs is 1. The minimum Gasteiger partial charge on any atom is -0.313 e. The highest BCUT2D eigenvalue weighted by atomic mass is 15.2. The van der Waals surface area contributed by atoms with Gasteiger partial charge >= 0.3 is 0 Å². The first-order chi connectivity index (χ1) is 13.4. The van der Waals surface area contributed by atoms with Crippen molar-refractivity contribution in [2.24, 2.45) is 0 Å². The lowest BCUT2D eigenvalue weighted by atomic mass is 9.98. The van der Waals surface area contributed by atoms with Crippen molar-refractivity contribution in [2.75, 3.05) is 13.1 Å². The van der Waals surface area contributed by atoms with Gasteiger partial charge in [0.2, 0.25) is 0 Å². The van der Waals surface area contributed by atoms with Gasteiger partial charge in [-0.25, -0.2) is 0 Å². The molecule has 1 N–H and O–H groups in total. The maximum Gasteiger partial charge on any atom is 0.0236 e. The van der Waals surface area contributed by atoms with E-state index in [1.54, 1.807) is 11.1 Å². The zero-order valence-electron chi connectivity index (χ0n) is 17.2. The van der Waals surface area contributed by atoms with Gasteiger partial charge < -0.3 is 5.32 Å². The van der Waals surface area contributed by atoms with Crippen LogP contribution in [0.1, 0.15) is 56.2 Å². The Morgan fingerprint density at radius 3 is 2.26 bits per heavy atom. The van der Waals surface area contributed by atoms with Crippen LogP contribution in [0.3, 0.4) is 0 Å². The Hall–Kier alpha value is -1.64. The number of rotatable bonds is 6. The Kier molecular flexibility index (Phi) is 7.92. The molecular weight excluding hydrogens is 328 g/mol. The first kappa shape index (κ1) is 20.1. The number of benzene rings is 2. The molecule has 27 heavy (non-hydrogen) atoms. The highest BCUT2D eigenvalue weighted by molar-refractivity contribution is 5.33. The molecule has 2 aromatic rings. The third kappa shape index (κ3) is 5.67. The summed E-state index contributed by atoms with van der Waals surface area (Å²) in [5.41, 5.74) is 4.54. The predicted molar refractivity (Wildman–Crippen MR) is 116 cm³/mol. The summed E-state index contributed by atoms with van der Waals surface area (Å²) in [7, 11) is 0. The number of hydrogen-bond acceptors (Lipinski definition) is 2. The lowest BCUT2D eigenvalue weighted by Gasteiger charge is -2.36. The second-order valence-corrected chi connectivity index (χ2v) is 7.72. The van der Waals surface area contributed by atoms with Crippen LogP contribution in [-0.2, 0) is 19.4 Å². The molecule has 4 rings (SSSR count). The second kappa shape index (κ2) is 10.6. The fraction of sp³-hybridized carbons (Fsp3) is 0.520. The predicted octanol–water partition coefficient (Wildman–Crippen LogP) is 5.21. The van der Waals surface area contributed by atoms with Crippen LogP contribution in [0.2, 0.25) is 0 Å². The summed E-state index contributed by atoms with van der Waals surface area (Å²) in [6.45, 7) is 7.52. The topological polar surface area (TPSA) is 15.3 Å². The van der Waals surface area contributed by atoms with Gasteiger partial charge in [-0.05, 0) is 61.9 Å². The van der Waals surface area contributed by atoms with E-state index in [1.807, 2.05) is 13.8 Å². The van der Waals surface area contributed by atoms with E-state index in [0.717, 1.165) is 19.1 Å². The van der Waals surface area contributed by atoms with Crippen LogP contribution < -0.4 is 5.32 Å². The summed E-state index contributed by atoms with van der Waals surface area (Å²) < 4.78 is 0. The van der Waals surface area contributed by atoms with Gasteiger partial charge in [-0.2, -0.15) is 0 Å². The van der Waals surface area contributed by atoms with E-state index in [9.17, 15) is 0 Å². The summed E-state index contributed by atoms with van der Waals surface area (Å²) in [4.78, 5) is 2.71. The summed E-state index contributed by atoms with van der Waals surface area (Å²) in [5, 5.41) is 3.83. The average Bonchev–Trinajstić information content (AvgIpc) is 3.14.